The van der Waals surface area contributed by atoms with Gasteiger partial charge in [-0.2, -0.15) is 0 Å². The molecular weight excluding hydrogens is 252 g/mol. The van der Waals surface area contributed by atoms with E-state index in [1.807, 2.05) is 30.3 Å². The highest BCUT2D eigenvalue weighted by atomic mass is 16.5. The van der Waals surface area contributed by atoms with E-state index in [0.717, 1.165) is 22.6 Å². The highest BCUT2D eigenvalue weighted by Gasteiger charge is 2.18. The maximum atomic E-state index is 6.39. The number of rotatable bonds is 5. The summed E-state index contributed by atoms with van der Waals surface area (Å²) in [5.41, 5.74) is 8.54. The Hall–Kier alpha value is -2.07. The second-order valence-electron chi connectivity index (χ2n) is 4.74. The molecule has 2 atom stereocenters. The number of hydrogen-bond donors (Lipinski definition) is 1. The van der Waals surface area contributed by atoms with E-state index in [1.165, 1.54) is 0 Å². The summed E-state index contributed by atoms with van der Waals surface area (Å²) in [5, 5.41) is 0. The van der Waals surface area contributed by atoms with Gasteiger partial charge in [-0.15, -0.1) is 0 Å². The van der Waals surface area contributed by atoms with Gasteiger partial charge in [-0.05, 0) is 35.4 Å². The Bertz CT molecular complexity index is 535. The Labute approximate surface area is 119 Å². The molecule has 20 heavy (non-hydrogen) atoms. The molecule has 1 aromatic heterocycles. The SMILES string of the molecule is COc1cc(OC)cc(C(N)C(C)c2ccncc2)c1. The van der Waals surface area contributed by atoms with Gasteiger partial charge in [0, 0.05) is 30.4 Å². The molecule has 2 N–H and O–H groups in total. The molecule has 0 amide bonds. The molecule has 2 rings (SSSR count). The molecule has 0 radical (unpaired) electrons. The lowest BCUT2D eigenvalue weighted by atomic mass is 9.89. The van der Waals surface area contributed by atoms with Crippen LogP contribution < -0.4 is 15.2 Å². The average Bonchev–Trinajstić information content (AvgIpc) is 2.53. The van der Waals surface area contributed by atoms with Crippen molar-refractivity contribution in [3.8, 4) is 11.5 Å². The molecule has 2 aromatic rings. The standard InChI is InChI=1S/C16H20N2O2/c1-11(12-4-6-18-7-5-12)16(17)13-8-14(19-2)10-15(9-13)20-3/h4-11,16H,17H2,1-3H3. The minimum Gasteiger partial charge on any atom is -0.497 e. The lowest BCUT2D eigenvalue weighted by Gasteiger charge is -2.21. The van der Waals surface area contributed by atoms with Crippen LogP contribution in [0, 0.1) is 0 Å². The van der Waals surface area contributed by atoms with Crippen LogP contribution in [0.1, 0.15) is 30.0 Å². The second kappa shape index (κ2) is 6.39. The summed E-state index contributed by atoms with van der Waals surface area (Å²) in [6.07, 6.45) is 3.56. The fourth-order valence-electron chi connectivity index (χ4n) is 2.18. The number of ether oxygens (including phenoxy) is 2. The third kappa shape index (κ3) is 3.08. The highest BCUT2D eigenvalue weighted by molar-refractivity contribution is 5.41. The van der Waals surface area contributed by atoms with Crippen molar-refractivity contribution < 1.29 is 9.47 Å². The van der Waals surface area contributed by atoms with Gasteiger partial charge < -0.3 is 15.2 Å². The number of benzene rings is 1. The summed E-state index contributed by atoms with van der Waals surface area (Å²) in [6.45, 7) is 2.10. The van der Waals surface area contributed by atoms with Crippen molar-refractivity contribution in [2.24, 2.45) is 5.73 Å². The first-order chi connectivity index (χ1) is 9.65. The second-order valence-corrected chi connectivity index (χ2v) is 4.74. The molecule has 2 unspecified atom stereocenters. The number of hydrogen-bond acceptors (Lipinski definition) is 4. The van der Waals surface area contributed by atoms with Crippen LogP contribution in [0.4, 0.5) is 0 Å². The van der Waals surface area contributed by atoms with Crippen LogP contribution in [0.25, 0.3) is 0 Å². The zero-order valence-corrected chi connectivity index (χ0v) is 12.0. The van der Waals surface area contributed by atoms with Gasteiger partial charge in [0.25, 0.3) is 0 Å². The summed E-state index contributed by atoms with van der Waals surface area (Å²) >= 11 is 0. The first-order valence-electron chi connectivity index (χ1n) is 6.54. The van der Waals surface area contributed by atoms with E-state index in [0.29, 0.717) is 0 Å². The smallest absolute Gasteiger partial charge is 0.122 e. The summed E-state index contributed by atoms with van der Waals surface area (Å²) in [6, 6.07) is 9.58. The predicted molar refractivity (Wildman–Crippen MR) is 79.1 cm³/mol. The summed E-state index contributed by atoms with van der Waals surface area (Å²) < 4.78 is 10.6. The number of nitrogens with two attached hydrogens (primary N) is 1. The molecule has 0 saturated carbocycles. The van der Waals surface area contributed by atoms with Gasteiger partial charge in [-0.1, -0.05) is 6.92 Å². The number of pyridine rings is 1. The van der Waals surface area contributed by atoms with Crippen molar-refractivity contribution in [3.63, 3.8) is 0 Å². The van der Waals surface area contributed by atoms with Crippen molar-refractivity contribution in [1.82, 2.24) is 4.98 Å². The van der Waals surface area contributed by atoms with Gasteiger partial charge in [0.1, 0.15) is 11.5 Å². The van der Waals surface area contributed by atoms with Gasteiger partial charge >= 0.3 is 0 Å². The molecular formula is C16H20N2O2. The molecule has 0 aliphatic carbocycles. The summed E-state index contributed by atoms with van der Waals surface area (Å²) in [4.78, 5) is 4.03. The van der Waals surface area contributed by atoms with Crippen molar-refractivity contribution in [2.75, 3.05) is 14.2 Å². The van der Waals surface area contributed by atoms with E-state index in [9.17, 15) is 0 Å². The van der Waals surface area contributed by atoms with E-state index in [4.69, 9.17) is 15.2 Å². The quantitative estimate of drug-likeness (QED) is 0.909. The lowest BCUT2D eigenvalue weighted by Crippen LogP contribution is -2.18. The molecule has 0 aliphatic rings. The predicted octanol–water partition coefficient (Wildman–Crippen LogP) is 2.90. The Morgan fingerprint density at radius 1 is 0.950 bits per heavy atom. The van der Waals surface area contributed by atoms with Gasteiger partial charge in [-0.25, -0.2) is 0 Å². The third-order valence-electron chi connectivity index (χ3n) is 3.53. The van der Waals surface area contributed by atoms with E-state index < -0.39 is 0 Å². The summed E-state index contributed by atoms with van der Waals surface area (Å²) in [7, 11) is 3.27. The van der Waals surface area contributed by atoms with E-state index in [2.05, 4.69) is 11.9 Å². The minimum absolute atomic E-state index is 0.138. The highest BCUT2D eigenvalue weighted by Crippen LogP contribution is 2.32. The van der Waals surface area contributed by atoms with E-state index >= 15 is 0 Å². The number of methoxy groups -OCH3 is 2. The van der Waals surface area contributed by atoms with Gasteiger partial charge in [0.2, 0.25) is 0 Å². The molecule has 4 nitrogen and oxygen atoms in total. The first-order valence-corrected chi connectivity index (χ1v) is 6.54. The Kier molecular flexibility index (Phi) is 4.58. The first kappa shape index (κ1) is 14.3. The Balaban J connectivity index is 2.30. The van der Waals surface area contributed by atoms with Crippen LogP contribution in [0.15, 0.2) is 42.7 Å². The topological polar surface area (TPSA) is 57.4 Å². The Morgan fingerprint density at radius 2 is 1.50 bits per heavy atom. The van der Waals surface area contributed by atoms with Crippen LogP contribution in [-0.4, -0.2) is 19.2 Å². The fourth-order valence-corrected chi connectivity index (χ4v) is 2.18. The number of aromatic nitrogens is 1. The zero-order chi connectivity index (χ0) is 14.5. The van der Waals surface area contributed by atoms with Gasteiger partial charge in [-0.3, -0.25) is 4.98 Å². The third-order valence-corrected chi connectivity index (χ3v) is 3.53. The van der Waals surface area contributed by atoms with Crippen molar-refractivity contribution in [1.29, 1.82) is 0 Å². The van der Waals surface area contributed by atoms with E-state index in [-0.39, 0.29) is 12.0 Å². The van der Waals surface area contributed by atoms with Crippen molar-refractivity contribution >= 4 is 0 Å². The largest absolute Gasteiger partial charge is 0.497 e. The van der Waals surface area contributed by atoms with Gasteiger partial charge in [0.05, 0.1) is 14.2 Å². The fraction of sp³-hybridized carbons (Fsp3) is 0.312. The molecule has 4 heteroatoms. The molecule has 0 fully saturated rings. The van der Waals surface area contributed by atoms with Crippen LogP contribution in [-0.2, 0) is 0 Å². The van der Waals surface area contributed by atoms with Crippen LogP contribution in [0.2, 0.25) is 0 Å². The molecule has 0 saturated heterocycles. The zero-order valence-electron chi connectivity index (χ0n) is 12.0. The van der Waals surface area contributed by atoms with Crippen LogP contribution in [0.5, 0.6) is 11.5 Å². The summed E-state index contributed by atoms with van der Waals surface area (Å²) in [5.74, 6) is 1.67. The molecule has 1 aromatic carbocycles. The maximum absolute atomic E-state index is 6.39. The molecule has 106 valence electrons. The van der Waals surface area contributed by atoms with Gasteiger partial charge in [0.15, 0.2) is 0 Å². The van der Waals surface area contributed by atoms with Crippen LogP contribution in [0.3, 0.4) is 0 Å². The monoisotopic (exact) mass is 272 g/mol. The Morgan fingerprint density at radius 3 is 2.00 bits per heavy atom. The molecule has 1 heterocycles. The maximum Gasteiger partial charge on any atom is 0.122 e. The van der Waals surface area contributed by atoms with Crippen LogP contribution >= 0.6 is 0 Å². The molecule has 0 bridgehead atoms. The minimum atomic E-state index is -0.138. The number of nitrogens with zero attached hydrogens (tertiary/aromatic N) is 1. The normalized spacial score (nSPS) is 13.6. The molecule has 0 spiro atoms. The van der Waals surface area contributed by atoms with Crippen molar-refractivity contribution in [3.05, 3.63) is 53.9 Å². The van der Waals surface area contributed by atoms with Crippen molar-refractivity contribution in [2.45, 2.75) is 18.9 Å². The molecule has 0 aliphatic heterocycles. The van der Waals surface area contributed by atoms with E-state index in [1.54, 1.807) is 26.6 Å². The average molecular weight is 272 g/mol. The lowest BCUT2D eigenvalue weighted by molar-refractivity contribution is 0.392.